The number of amides is 1. The predicted octanol–water partition coefficient (Wildman–Crippen LogP) is 2.45. The fraction of sp³-hybridized carbons (Fsp3) is 0.923. The molecule has 0 radical (unpaired) electrons. The van der Waals surface area contributed by atoms with E-state index in [-0.39, 0.29) is 12.0 Å². The van der Waals surface area contributed by atoms with Gasteiger partial charge in [0.1, 0.15) is 5.60 Å². The summed E-state index contributed by atoms with van der Waals surface area (Å²) in [5.41, 5.74) is -1.47. The van der Waals surface area contributed by atoms with E-state index in [2.05, 4.69) is 5.32 Å². The molecule has 0 saturated heterocycles. The molecule has 1 aliphatic carbocycles. The van der Waals surface area contributed by atoms with E-state index in [0.717, 1.165) is 19.3 Å². The molecule has 1 rings (SSSR count). The Kier molecular flexibility index (Phi) is 3.77. The molecule has 17 heavy (non-hydrogen) atoms. The second-order valence-electron chi connectivity index (χ2n) is 6.62. The van der Waals surface area contributed by atoms with Crippen LogP contribution in [0.25, 0.3) is 0 Å². The molecule has 0 aromatic carbocycles. The molecule has 1 fully saturated rings. The number of hydrogen-bond acceptors (Lipinski definition) is 3. The number of alkyl carbamates (subject to hydrolysis) is 1. The van der Waals surface area contributed by atoms with Crippen molar-refractivity contribution in [2.75, 3.05) is 6.54 Å². The minimum absolute atomic E-state index is 0.151. The molecule has 0 aromatic heterocycles. The molecule has 100 valence electrons. The summed E-state index contributed by atoms with van der Waals surface area (Å²) in [6.07, 6.45) is 2.25. The standard InChI is InChI=1S/C13H25NO3/c1-11(2,3)17-10(15)14-9-13(16)8-6-7-12(13,4)5/h16H,6-9H2,1-5H3,(H,14,15). The Morgan fingerprint density at radius 1 is 1.35 bits per heavy atom. The van der Waals surface area contributed by atoms with Crippen molar-refractivity contribution in [3.8, 4) is 0 Å². The molecule has 0 heterocycles. The van der Waals surface area contributed by atoms with Crippen molar-refractivity contribution in [1.29, 1.82) is 0 Å². The summed E-state index contributed by atoms with van der Waals surface area (Å²) < 4.78 is 5.15. The average molecular weight is 243 g/mol. The van der Waals surface area contributed by atoms with Gasteiger partial charge < -0.3 is 15.2 Å². The lowest BCUT2D eigenvalue weighted by molar-refractivity contribution is -0.0425. The van der Waals surface area contributed by atoms with Gasteiger partial charge in [0.2, 0.25) is 0 Å². The SMILES string of the molecule is CC(C)(C)OC(=O)NCC1(O)CCCC1(C)C. The summed E-state index contributed by atoms with van der Waals surface area (Å²) in [6, 6.07) is 0. The van der Waals surface area contributed by atoms with Gasteiger partial charge in [-0.1, -0.05) is 13.8 Å². The highest BCUT2D eigenvalue weighted by Gasteiger charge is 2.47. The average Bonchev–Trinajstić information content (AvgIpc) is 2.36. The van der Waals surface area contributed by atoms with Crippen molar-refractivity contribution < 1.29 is 14.6 Å². The molecular weight excluding hydrogens is 218 g/mol. The molecular formula is C13H25NO3. The van der Waals surface area contributed by atoms with E-state index in [9.17, 15) is 9.90 Å². The smallest absolute Gasteiger partial charge is 0.407 e. The monoisotopic (exact) mass is 243 g/mol. The number of carbonyl (C=O) groups is 1. The molecule has 0 aliphatic heterocycles. The van der Waals surface area contributed by atoms with Crippen LogP contribution in [0.15, 0.2) is 0 Å². The van der Waals surface area contributed by atoms with E-state index >= 15 is 0 Å². The summed E-state index contributed by atoms with van der Waals surface area (Å²) in [4.78, 5) is 11.5. The third kappa shape index (κ3) is 3.60. The quantitative estimate of drug-likeness (QED) is 0.783. The van der Waals surface area contributed by atoms with E-state index in [1.165, 1.54) is 0 Å². The molecule has 1 unspecified atom stereocenters. The largest absolute Gasteiger partial charge is 0.444 e. The predicted molar refractivity (Wildman–Crippen MR) is 66.8 cm³/mol. The van der Waals surface area contributed by atoms with Gasteiger partial charge in [0.25, 0.3) is 0 Å². The van der Waals surface area contributed by atoms with Crippen molar-refractivity contribution in [1.82, 2.24) is 5.32 Å². The Balaban J connectivity index is 2.48. The lowest BCUT2D eigenvalue weighted by atomic mass is 9.78. The number of aliphatic hydroxyl groups is 1. The second-order valence-corrected chi connectivity index (χ2v) is 6.62. The number of hydrogen-bond donors (Lipinski definition) is 2. The highest BCUT2D eigenvalue weighted by molar-refractivity contribution is 5.67. The zero-order valence-corrected chi connectivity index (χ0v) is 11.6. The maximum Gasteiger partial charge on any atom is 0.407 e. The van der Waals surface area contributed by atoms with Crippen LogP contribution in [0.2, 0.25) is 0 Å². The minimum Gasteiger partial charge on any atom is -0.444 e. The van der Waals surface area contributed by atoms with Gasteiger partial charge in [-0.25, -0.2) is 4.79 Å². The highest BCUT2D eigenvalue weighted by Crippen LogP contribution is 2.45. The van der Waals surface area contributed by atoms with Gasteiger partial charge in [0.15, 0.2) is 0 Å². The summed E-state index contributed by atoms with van der Waals surface area (Å²) in [7, 11) is 0. The molecule has 1 saturated carbocycles. The van der Waals surface area contributed by atoms with Crippen molar-refractivity contribution >= 4 is 6.09 Å². The number of carbonyl (C=O) groups excluding carboxylic acids is 1. The van der Waals surface area contributed by atoms with Crippen LogP contribution in [-0.2, 0) is 4.74 Å². The maximum atomic E-state index is 11.5. The molecule has 4 heteroatoms. The van der Waals surface area contributed by atoms with Crippen molar-refractivity contribution in [2.24, 2.45) is 5.41 Å². The molecule has 1 atom stereocenters. The highest BCUT2D eigenvalue weighted by atomic mass is 16.6. The van der Waals surface area contributed by atoms with Crippen molar-refractivity contribution in [2.45, 2.75) is 65.1 Å². The van der Waals surface area contributed by atoms with E-state index in [4.69, 9.17) is 4.74 Å². The van der Waals surface area contributed by atoms with Crippen LogP contribution >= 0.6 is 0 Å². The fourth-order valence-corrected chi connectivity index (χ4v) is 2.25. The normalized spacial score (nSPS) is 27.9. The van der Waals surface area contributed by atoms with Gasteiger partial charge in [-0.2, -0.15) is 0 Å². The first-order chi connectivity index (χ1) is 7.56. The van der Waals surface area contributed by atoms with Gasteiger partial charge in [-0.3, -0.25) is 0 Å². The third-order valence-electron chi connectivity index (χ3n) is 3.58. The van der Waals surface area contributed by atoms with E-state index in [1.807, 2.05) is 34.6 Å². The van der Waals surface area contributed by atoms with Gasteiger partial charge in [-0.15, -0.1) is 0 Å². The number of rotatable bonds is 2. The van der Waals surface area contributed by atoms with Crippen LogP contribution < -0.4 is 5.32 Å². The van der Waals surface area contributed by atoms with Gasteiger partial charge >= 0.3 is 6.09 Å². The van der Waals surface area contributed by atoms with Crippen LogP contribution in [0.5, 0.6) is 0 Å². The number of ether oxygens (including phenoxy) is 1. The fourth-order valence-electron chi connectivity index (χ4n) is 2.25. The third-order valence-corrected chi connectivity index (χ3v) is 3.58. The van der Waals surface area contributed by atoms with Gasteiger partial charge in [0.05, 0.1) is 12.1 Å². The Hall–Kier alpha value is -0.770. The summed E-state index contributed by atoms with van der Waals surface area (Å²) in [5, 5.41) is 13.2. The van der Waals surface area contributed by atoms with Crippen LogP contribution in [0.3, 0.4) is 0 Å². The van der Waals surface area contributed by atoms with E-state index < -0.39 is 17.3 Å². The van der Waals surface area contributed by atoms with E-state index in [0.29, 0.717) is 0 Å². The Bertz CT molecular complexity index is 294. The van der Waals surface area contributed by atoms with Crippen LogP contribution in [0, 0.1) is 5.41 Å². The molecule has 4 nitrogen and oxygen atoms in total. The van der Waals surface area contributed by atoms with Crippen molar-refractivity contribution in [3.63, 3.8) is 0 Å². The first kappa shape index (κ1) is 14.3. The molecule has 2 N–H and O–H groups in total. The first-order valence-electron chi connectivity index (χ1n) is 6.25. The first-order valence-corrected chi connectivity index (χ1v) is 6.25. The lowest BCUT2D eigenvalue weighted by Gasteiger charge is -2.37. The number of nitrogens with one attached hydrogen (secondary N) is 1. The molecule has 0 aromatic rings. The summed E-state index contributed by atoms with van der Waals surface area (Å²) >= 11 is 0. The molecule has 1 aliphatic rings. The van der Waals surface area contributed by atoms with Crippen LogP contribution in [0.1, 0.15) is 53.9 Å². The summed E-state index contributed by atoms with van der Waals surface area (Å²) in [6.45, 7) is 9.80. The zero-order chi connectivity index (χ0) is 13.3. The Morgan fingerprint density at radius 3 is 2.35 bits per heavy atom. The maximum absolute atomic E-state index is 11.5. The molecule has 0 spiro atoms. The van der Waals surface area contributed by atoms with Crippen LogP contribution in [-0.4, -0.2) is 28.9 Å². The second kappa shape index (κ2) is 4.48. The Labute approximate surface area is 104 Å². The molecule has 0 bridgehead atoms. The minimum atomic E-state index is -0.816. The van der Waals surface area contributed by atoms with Crippen LogP contribution in [0.4, 0.5) is 4.79 Å². The topological polar surface area (TPSA) is 58.6 Å². The van der Waals surface area contributed by atoms with Gasteiger partial charge in [0, 0.05) is 0 Å². The van der Waals surface area contributed by atoms with Crippen molar-refractivity contribution in [3.05, 3.63) is 0 Å². The molecule has 1 amide bonds. The summed E-state index contributed by atoms with van der Waals surface area (Å²) in [5.74, 6) is 0. The van der Waals surface area contributed by atoms with Gasteiger partial charge in [-0.05, 0) is 45.4 Å². The Morgan fingerprint density at radius 2 is 1.94 bits per heavy atom. The lowest BCUT2D eigenvalue weighted by Crippen LogP contribution is -2.50. The van der Waals surface area contributed by atoms with E-state index in [1.54, 1.807) is 0 Å². The zero-order valence-electron chi connectivity index (χ0n) is 11.6.